The molecule has 2 heterocycles. The van der Waals surface area contributed by atoms with Crippen molar-refractivity contribution in [3.8, 4) is 11.1 Å². The van der Waals surface area contributed by atoms with E-state index in [1.807, 2.05) is 18.2 Å². The van der Waals surface area contributed by atoms with Crippen molar-refractivity contribution in [1.29, 1.82) is 0 Å². The summed E-state index contributed by atoms with van der Waals surface area (Å²) in [4.78, 5) is 12.8. The molecule has 2 aromatic heterocycles. The van der Waals surface area contributed by atoms with Gasteiger partial charge in [-0.2, -0.15) is 5.10 Å². The van der Waals surface area contributed by atoms with Crippen LogP contribution in [0.25, 0.3) is 16.8 Å². The predicted molar refractivity (Wildman–Crippen MR) is 116 cm³/mol. The third-order valence-corrected chi connectivity index (χ3v) is 5.00. The maximum absolute atomic E-state index is 12.8. The van der Waals surface area contributed by atoms with Crippen molar-refractivity contribution < 1.29 is 9.53 Å². The molecule has 0 aliphatic heterocycles. The first-order chi connectivity index (χ1) is 14.5. The molecule has 0 radical (unpaired) electrons. The fourth-order valence-electron chi connectivity index (χ4n) is 3.19. The normalized spacial score (nSPS) is 11.1. The van der Waals surface area contributed by atoms with Gasteiger partial charge in [-0.1, -0.05) is 41.4 Å². The fraction of sp³-hybridized carbons (Fsp3) is 0.143. The van der Waals surface area contributed by atoms with Crippen LogP contribution < -0.4 is 5.32 Å². The summed E-state index contributed by atoms with van der Waals surface area (Å²) in [5.41, 5.74) is 4.06. The zero-order chi connectivity index (χ0) is 21.3. The van der Waals surface area contributed by atoms with Crippen LogP contribution in [0, 0.1) is 6.92 Å². The van der Waals surface area contributed by atoms with Crippen molar-refractivity contribution in [3.05, 3.63) is 75.7 Å². The van der Waals surface area contributed by atoms with E-state index in [0.29, 0.717) is 32.8 Å². The minimum atomic E-state index is -0.405. The molecule has 9 heteroatoms. The summed E-state index contributed by atoms with van der Waals surface area (Å²) in [6.07, 6.45) is 0. The topological polar surface area (TPSA) is 81.4 Å². The van der Waals surface area contributed by atoms with Crippen molar-refractivity contribution >= 4 is 40.4 Å². The molecule has 1 N–H and O–H groups in total. The Morgan fingerprint density at radius 3 is 2.53 bits per heavy atom. The van der Waals surface area contributed by atoms with Gasteiger partial charge in [0.25, 0.3) is 5.91 Å². The van der Waals surface area contributed by atoms with Gasteiger partial charge in [0, 0.05) is 22.8 Å². The van der Waals surface area contributed by atoms with Crippen LogP contribution in [0.2, 0.25) is 10.0 Å². The molecule has 0 aliphatic carbocycles. The highest BCUT2D eigenvalue weighted by Gasteiger charge is 2.22. The highest BCUT2D eigenvalue weighted by molar-refractivity contribution is 6.31. The predicted octanol–water partition coefficient (Wildman–Crippen LogP) is 4.81. The third kappa shape index (κ3) is 3.87. The number of nitrogens with one attached hydrogen (secondary N) is 1. The van der Waals surface area contributed by atoms with E-state index in [2.05, 4.69) is 20.6 Å². The first-order valence-corrected chi connectivity index (χ1v) is 9.80. The van der Waals surface area contributed by atoms with Gasteiger partial charge < -0.3 is 10.1 Å². The molecule has 0 saturated heterocycles. The molecule has 0 saturated carbocycles. The van der Waals surface area contributed by atoms with E-state index in [9.17, 15) is 4.79 Å². The third-order valence-electron chi connectivity index (χ3n) is 4.53. The average Bonchev–Trinajstić information content (AvgIpc) is 3.07. The Hall–Kier alpha value is -3.00. The quantitative estimate of drug-likeness (QED) is 0.480. The summed E-state index contributed by atoms with van der Waals surface area (Å²) >= 11 is 12.2. The number of aryl methyl sites for hydroxylation is 1. The molecule has 0 aliphatic rings. The van der Waals surface area contributed by atoms with Gasteiger partial charge in [0.15, 0.2) is 11.3 Å². The highest BCUT2D eigenvalue weighted by Crippen LogP contribution is 2.30. The summed E-state index contributed by atoms with van der Waals surface area (Å²) < 4.78 is 6.91. The molecule has 0 spiro atoms. The number of halogens is 2. The van der Waals surface area contributed by atoms with E-state index >= 15 is 0 Å². The molecule has 0 unspecified atom stereocenters. The number of anilines is 1. The molecule has 30 heavy (non-hydrogen) atoms. The lowest BCUT2D eigenvalue weighted by atomic mass is 10.1. The number of fused-ring (bicyclic) bond motifs is 1. The molecular weight excluding hydrogens is 425 g/mol. The summed E-state index contributed by atoms with van der Waals surface area (Å²) in [5.74, 6) is -0.405. The zero-order valence-corrected chi connectivity index (χ0v) is 17.7. The van der Waals surface area contributed by atoms with Gasteiger partial charge in [-0.25, -0.2) is 4.52 Å². The van der Waals surface area contributed by atoms with Gasteiger partial charge in [-0.05, 0) is 42.8 Å². The summed E-state index contributed by atoms with van der Waals surface area (Å²) in [5, 5.41) is 17.0. The van der Waals surface area contributed by atoms with Crippen LogP contribution in [-0.2, 0) is 11.3 Å². The monoisotopic (exact) mass is 441 g/mol. The Labute approximate surface area is 182 Å². The lowest BCUT2D eigenvalue weighted by Crippen LogP contribution is -2.18. The first kappa shape index (κ1) is 20.3. The number of hydrogen-bond donors (Lipinski definition) is 1. The Morgan fingerprint density at radius 1 is 1.10 bits per heavy atom. The number of nitrogens with zero attached hydrogens (tertiary/aromatic N) is 4. The van der Waals surface area contributed by atoms with Crippen LogP contribution in [-0.4, -0.2) is 32.8 Å². The zero-order valence-electron chi connectivity index (χ0n) is 16.2. The summed E-state index contributed by atoms with van der Waals surface area (Å²) in [7, 11) is 1.59. The van der Waals surface area contributed by atoms with Crippen molar-refractivity contribution in [3.63, 3.8) is 0 Å². The molecule has 152 valence electrons. The molecule has 0 atom stereocenters. The number of ether oxygens (including phenoxy) is 1. The van der Waals surface area contributed by atoms with Crippen LogP contribution >= 0.6 is 23.2 Å². The Balaban J connectivity index is 1.80. The van der Waals surface area contributed by atoms with E-state index in [4.69, 9.17) is 27.9 Å². The smallest absolute Gasteiger partial charge is 0.278 e. The number of carbonyl (C=O) groups excluding carboxylic acids is 1. The fourth-order valence-corrected chi connectivity index (χ4v) is 3.57. The number of benzene rings is 2. The van der Waals surface area contributed by atoms with E-state index in [0.717, 1.165) is 11.1 Å². The van der Waals surface area contributed by atoms with E-state index < -0.39 is 5.91 Å². The van der Waals surface area contributed by atoms with Crippen LogP contribution in [0.3, 0.4) is 0 Å². The number of carbonyl (C=O) groups is 1. The SMILES string of the molecule is COCc1nn2c(C)c(C(=O)Nc3cccc(Cl)c3)nnc2c1-c1cccc(Cl)c1. The number of methoxy groups -OCH3 is 1. The maximum Gasteiger partial charge on any atom is 0.278 e. The second-order valence-corrected chi connectivity index (χ2v) is 7.47. The van der Waals surface area contributed by atoms with Gasteiger partial charge in [0.1, 0.15) is 0 Å². The van der Waals surface area contributed by atoms with Gasteiger partial charge in [0.05, 0.1) is 23.6 Å². The minimum absolute atomic E-state index is 0.159. The van der Waals surface area contributed by atoms with Gasteiger partial charge >= 0.3 is 0 Å². The first-order valence-electron chi connectivity index (χ1n) is 9.04. The number of hydrogen-bond acceptors (Lipinski definition) is 5. The minimum Gasteiger partial charge on any atom is -0.378 e. The molecule has 1 amide bonds. The molecule has 2 aromatic carbocycles. The number of aromatic nitrogens is 4. The highest BCUT2D eigenvalue weighted by atomic mass is 35.5. The van der Waals surface area contributed by atoms with E-state index in [-0.39, 0.29) is 12.3 Å². The molecule has 0 fully saturated rings. The summed E-state index contributed by atoms with van der Waals surface area (Å²) in [6, 6.07) is 14.3. The van der Waals surface area contributed by atoms with Crippen molar-refractivity contribution in [2.45, 2.75) is 13.5 Å². The van der Waals surface area contributed by atoms with E-state index in [1.165, 1.54) is 0 Å². The molecule has 4 rings (SSSR count). The Kier molecular flexibility index (Phi) is 5.67. The van der Waals surface area contributed by atoms with Gasteiger partial charge in [-0.3, -0.25) is 4.79 Å². The van der Waals surface area contributed by atoms with Crippen LogP contribution in [0.15, 0.2) is 48.5 Å². The summed E-state index contributed by atoms with van der Waals surface area (Å²) in [6.45, 7) is 2.04. The van der Waals surface area contributed by atoms with Gasteiger partial charge in [0.2, 0.25) is 0 Å². The van der Waals surface area contributed by atoms with Crippen molar-refractivity contribution in [2.24, 2.45) is 0 Å². The number of rotatable bonds is 5. The largest absolute Gasteiger partial charge is 0.378 e. The average molecular weight is 442 g/mol. The molecule has 4 aromatic rings. The van der Waals surface area contributed by atoms with Crippen LogP contribution in [0.1, 0.15) is 21.9 Å². The lowest BCUT2D eigenvalue weighted by Gasteiger charge is -2.08. The van der Waals surface area contributed by atoms with E-state index in [1.54, 1.807) is 48.9 Å². The number of amides is 1. The van der Waals surface area contributed by atoms with Gasteiger partial charge in [-0.15, -0.1) is 10.2 Å². The molecule has 0 bridgehead atoms. The lowest BCUT2D eigenvalue weighted by molar-refractivity contribution is 0.102. The Bertz CT molecular complexity index is 1260. The second kappa shape index (κ2) is 8.39. The maximum atomic E-state index is 12.8. The van der Waals surface area contributed by atoms with Crippen LogP contribution in [0.4, 0.5) is 5.69 Å². The van der Waals surface area contributed by atoms with Crippen molar-refractivity contribution in [1.82, 2.24) is 19.8 Å². The molecule has 7 nitrogen and oxygen atoms in total. The Morgan fingerprint density at radius 2 is 1.83 bits per heavy atom. The standard InChI is InChI=1S/C21H17Cl2N5O2/c1-12-19(21(29)24-16-8-4-7-15(23)10-16)25-26-20-18(13-5-3-6-14(22)9-13)17(11-30-2)27-28(12)20/h3-10H,11H2,1-2H3,(H,24,29). The van der Waals surface area contributed by atoms with Crippen LogP contribution in [0.5, 0.6) is 0 Å². The second-order valence-electron chi connectivity index (χ2n) is 6.60. The molecular formula is C21H17Cl2N5O2. The van der Waals surface area contributed by atoms with Crippen molar-refractivity contribution in [2.75, 3.05) is 12.4 Å².